The summed E-state index contributed by atoms with van der Waals surface area (Å²) in [4.78, 5) is 0. The third-order valence-corrected chi connectivity index (χ3v) is 1.30. The van der Waals surface area contributed by atoms with Crippen molar-refractivity contribution in [2.75, 3.05) is 6.66 Å². The van der Waals surface area contributed by atoms with Crippen molar-refractivity contribution in [1.82, 2.24) is 5.09 Å². The molecular formula is C7H19NPY-. The van der Waals surface area contributed by atoms with Gasteiger partial charge in [0, 0.05) is 38.8 Å². The van der Waals surface area contributed by atoms with Gasteiger partial charge in [-0.25, -0.2) is 0 Å². The van der Waals surface area contributed by atoms with Crippen LogP contribution in [0.3, 0.4) is 0 Å². The molecule has 1 unspecified atom stereocenters. The Bertz CT molecular complexity index is 42.6. The molecule has 0 aromatic carbocycles. The van der Waals surface area contributed by atoms with E-state index in [4.69, 9.17) is 0 Å². The van der Waals surface area contributed by atoms with Crippen LogP contribution in [0.1, 0.15) is 27.7 Å². The Morgan fingerprint density at radius 1 is 1.30 bits per heavy atom. The first-order valence-corrected chi connectivity index (χ1v) is 4.85. The van der Waals surface area contributed by atoms with Crippen LogP contribution in [0.5, 0.6) is 0 Å². The second-order valence-corrected chi connectivity index (χ2v) is 2.92. The summed E-state index contributed by atoms with van der Waals surface area (Å²) in [5, 5.41) is 3.24. The smallest absolute Gasteiger partial charge is 0.00444 e. The van der Waals surface area contributed by atoms with Gasteiger partial charge < -0.3 is 6.42 Å². The first-order chi connectivity index (χ1) is 4.18. The molecule has 0 spiro atoms. The predicted octanol–water partition coefficient (Wildman–Crippen LogP) is 2.44. The van der Waals surface area contributed by atoms with Gasteiger partial charge >= 0.3 is 0 Å². The maximum Gasteiger partial charge on any atom is 0.00444 e. The van der Waals surface area contributed by atoms with Crippen LogP contribution in [-0.4, -0.2) is 12.7 Å². The first kappa shape index (κ1) is 17.5. The summed E-state index contributed by atoms with van der Waals surface area (Å²) in [7, 11) is 0.888. The monoisotopic (exact) mass is 237 g/mol. The Morgan fingerprint density at radius 3 is 1.60 bits per heavy atom. The van der Waals surface area contributed by atoms with E-state index in [0.29, 0.717) is 6.04 Å². The zero-order valence-corrected chi connectivity index (χ0v) is 11.6. The zero-order chi connectivity index (χ0) is 7.70. The molecule has 0 aliphatic rings. The van der Waals surface area contributed by atoms with Crippen molar-refractivity contribution in [2.24, 2.45) is 0 Å². The fraction of sp³-hybridized carbons (Fsp3) is 0.857. The van der Waals surface area contributed by atoms with Crippen molar-refractivity contribution in [2.45, 2.75) is 33.7 Å². The van der Waals surface area contributed by atoms with Gasteiger partial charge in [0.25, 0.3) is 0 Å². The fourth-order valence-corrected chi connectivity index (χ4v) is 0.866. The third kappa shape index (κ3) is 33.9. The SMILES string of the molecule is CPNC(C)C.C[CH-]C.[Y]. The van der Waals surface area contributed by atoms with Gasteiger partial charge in [0.05, 0.1) is 0 Å². The van der Waals surface area contributed by atoms with Gasteiger partial charge in [0.2, 0.25) is 0 Å². The standard InChI is InChI=1S/C4H12NP.C3H7.Y/c1-4(2)5-6-3;1-3-2;/h4-6H,1-3H3;3H,1-2H3;/q;-1;. The second kappa shape index (κ2) is 16.8. The molecule has 0 aliphatic carbocycles. The summed E-state index contributed by atoms with van der Waals surface area (Å²) in [6, 6.07) is 0.660. The molecule has 0 saturated carbocycles. The minimum Gasteiger partial charge on any atom is -0.335 e. The molecular weight excluding hydrogens is 218 g/mol. The fourth-order valence-electron chi connectivity index (χ4n) is 0.289. The number of nitrogens with one attached hydrogen (secondary N) is 1. The molecule has 0 amide bonds. The topological polar surface area (TPSA) is 12.0 Å². The van der Waals surface area contributed by atoms with Crippen molar-refractivity contribution in [3.63, 3.8) is 0 Å². The minimum atomic E-state index is 0. The van der Waals surface area contributed by atoms with Crippen molar-refractivity contribution in [3.05, 3.63) is 6.42 Å². The molecule has 61 valence electrons. The Labute approximate surface area is 92.8 Å². The van der Waals surface area contributed by atoms with Gasteiger partial charge in [-0.1, -0.05) is 8.73 Å². The van der Waals surface area contributed by atoms with E-state index in [1.807, 2.05) is 20.3 Å². The Balaban J connectivity index is -0.000000107. The van der Waals surface area contributed by atoms with Crippen LogP contribution in [0.4, 0.5) is 0 Å². The van der Waals surface area contributed by atoms with Crippen molar-refractivity contribution < 1.29 is 32.7 Å². The van der Waals surface area contributed by atoms with E-state index < -0.39 is 0 Å². The van der Waals surface area contributed by atoms with Crippen LogP contribution in [0.15, 0.2) is 0 Å². The molecule has 1 nitrogen and oxygen atoms in total. The van der Waals surface area contributed by atoms with E-state index in [2.05, 4.69) is 25.6 Å². The maximum atomic E-state index is 3.24. The van der Waals surface area contributed by atoms with Crippen LogP contribution in [0.25, 0.3) is 0 Å². The Hall–Kier alpha value is 1.49. The molecule has 0 saturated heterocycles. The second-order valence-electron chi connectivity index (χ2n) is 2.13. The molecule has 0 aromatic rings. The van der Waals surface area contributed by atoms with E-state index in [1.54, 1.807) is 0 Å². The zero-order valence-electron chi connectivity index (χ0n) is 7.73. The van der Waals surface area contributed by atoms with E-state index in [9.17, 15) is 0 Å². The molecule has 0 rings (SSSR count). The van der Waals surface area contributed by atoms with E-state index in [0.717, 1.165) is 8.73 Å². The van der Waals surface area contributed by atoms with Crippen LogP contribution in [0.2, 0.25) is 0 Å². The van der Waals surface area contributed by atoms with Crippen LogP contribution < -0.4 is 5.09 Å². The number of hydrogen-bond donors (Lipinski definition) is 1. The van der Waals surface area contributed by atoms with Gasteiger partial charge in [0.1, 0.15) is 0 Å². The molecule has 1 N–H and O–H groups in total. The van der Waals surface area contributed by atoms with Crippen molar-refractivity contribution >= 4 is 8.73 Å². The average Bonchev–Trinajstić information content (AvgIpc) is 1.67. The molecule has 0 aromatic heterocycles. The van der Waals surface area contributed by atoms with Gasteiger partial charge in [-0.15, -0.1) is 0 Å². The summed E-state index contributed by atoms with van der Waals surface area (Å²) in [6.45, 7) is 10.4. The quantitative estimate of drug-likeness (QED) is 0.574. The Kier molecular flexibility index (Phi) is 29.5. The van der Waals surface area contributed by atoms with Gasteiger partial charge in [0.15, 0.2) is 0 Å². The van der Waals surface area contributed by atoms with Crippen LogP contribution >= 0.6 is 8.73 Å². The largest absolute Gasteiger partial charge is 0.335 e. The van der Waals surface area contributed by atoms with E-state index in [1.165, 1.54) is 0 Å². The Morgan fingerprint density at radius 2 is 1.60 bits per heavy atom. The normalized spacial score (nSPS) is 9.00. The molecule has 1 atom stereocenters. The number of hydrogen-bond acceptors (Lipinski definition) is 1. The molecule has 0 heterocycles. The third-order valence-electron chi connectivity index (χ3n) is 0.433. The average molecular weight is 237 g/mol. The summed E-state index contributed by atoms with van der Waals surface area (Å²) >= 11 is 0. The summed E-state index contributed by atoms with van der Waals surface area (Å²) < 4.78 is 0. The summed E-state index contributed by atoms with van der Waals surface area (Å²) in [6.07, 6.45) is 2.00. The molecule has 10 heavy (non-hydrogen) atoms. The maximum absolute atomic E-state index is 3.24. The van der Waals surface area contributed by atoms with Gasteiger partial charge in [-0.3, -0.25) is 5.09 Å². The first-order valence-electron chi connectivity index (χ1n) is 3.35. The summed E-state index contributed by atoms with van der Waals surface area (Å²) in [5.41, 5.74) is 0. The molecule has 3 heteroatoms. The van der Waals surface area contributed by atoms with Crippen LogP contribution in [-0.2, 0) is 32.7 Å². The predicted molar refractivity (Wildman–Crippen MR) is 48.2 cm³/mol. The van der Waals surface area contributed by atoms with E-state index in [-0.39, 0.29) is 32.7 Å². The van der Waals surface area contributed by atoms with Crippen molar-refractivity contribution in [1.29, 1.82) is 0 Å². The van der Waals surface area contributed by atoms with Gasteiger partial charge in [-0.2, -0.15) is 13.8 Å². The molecule has 0 bridgehead atoms. The molecule has 1 radical (unpaired) electrons. The van der Waals surface area contributed by atoms with Crippen molar-refractivity contribution in [3.8, 4) is 0 Å². The number of rotatable bonds is 2. The molecule has 0 aliphatic heterocycles. The minimum absolute atomic E-state index is 0. The molecule has 0 fully saturated rings. The summed E-state index contributed by atoms with van der Waals surface area (Å²) in [5.74, 6) is 0. The van der Waals surface area contributed by atoms with E-state index >= 15 is 0 Å². The van der Waals surface area contributed by atoms with Gasteiger partial charge in [-0.05, 0) is 20.5 Å². The van der Waals surface area contributed by atoms with Crippen LogP contribution in [0, 0.1) is 6.42 Å².